The number of H-pyrrole nitrogens is 1. The van der Waals surface area contributed by atoms with Crippen LogP contribution >= 0.6 is 0 Å². The lowest BCUT2D eigenvalue weighted by Gasteiger charge is -2.18. The first-order valence-corrected chi connectivity index (χ1v) is 6.56. The van der Waals surface area contributed by atoms with Crippen molar-refractivity contribution in [1.82, 2.24) is 10.3 Å². The fourth-order valence-electron chi connectivity index (χ4n) is 2.13. The lowest BCUT2D eigenvalue weighted by molar-refractivity contribution is -0.140. The number of fused-ring (bicyclic) bond motifs is 1. The third-order valence-electron chi connectivity index (χ3n) is 3.21. The number of carboxylic acids is 1. The van der Waals surface area contributed by atoms with E-state index in [1.54, 1.807) is 38.1 Å². The van der Waals surface area contributed by atoms with Gasteiger partial charge in [0, 0.05) is 17.0 Å². The maximum absolute atomic E-state index is 12.3. The van der Waals surface area contributed by atoms with Gasteiger partial charge < -0.3 is 15.4 Å². The number of pyridine rings is 1. The van der Waals surface area contributed by atoms with Crippen LogP contribution in [0.1, 0.15) is 24.2 Å². The predicted molar refractivity (Wildman–Crippen MR) is 78.3 cm³/mol. The summed E-state index contributed by atoms with van der Waals surface area (Å²) in [6.45, 7) is 3.41. The van der Waals surface area contributed by atoms with E-state index in [4.69, 9.17) is 5.11 Å². The Morgan fingerprint density at radius 2 is 1.90 bits per heavy atom. The summed E-state index contributed by atoms with van der Waals surface area (Å²) in [5, 5.41) is 12.2. The zero-order chi connectivity index (χ0) is 15.6. The van der Waals surface area contributed by atoms with Crippen LogP contribution in [0, 0.1) is 5.92 Å². The number of carbonyl (C=O) groups excluding carboxylic acids is 1. The Morgan fingerprint density at radius 3 is 2.52 bits per heavy atom. The van der Waals surface area contributed by atoms with E-state index in [-0.39, 0.29) is 11.5 Å². The number of carbonyl (C=O) groups is 2. The molecule has 0 aliphatic carbocycles. The minimum absolute atomic E-state index is 0.168. The summed E-state index contributed by atoms with van der Waals surface area (Å²) < 4.78 is 0. The molecule has 0 radical (unpaired) electrons. The Kier molecular flexibility index (Phi) is 4.07. The van der Waals surface area contributed by atoms with Crippen LogP contribution < -0.4 is 10.9 Å². The molecule has 21 heavy (non-hydrogen) atoms. The summed E-state index contributed by atoms with van der Waals surface area (Å²) in [6, 6.07) is 7.05. The van der Waals surface area contributed by atoms with E-state index in [1.807, 2.05) is 0 Å². The second kappa shape index (κ2) is 5.78. The third-order valence-corrected chi connectivity index (χ3v) is 3.21. The first kappa shape index (κ1) is 14.8. The minimum atomic E-state index is -1.10. The number of aromatic nitrogens is 1. The van der Waals surface area contributed by atoms with Gasteiger partial charge in [0.1, 0.15) is 6.04 Å². The molecule has 0 saturated heterocycles. The number of amides is 1. The average molecular weight is 288 g/mol. The lowest BCUT2D eigenvalue weighted by atomic mass is 10.0. The van der Waals surface area contributed by atoms with Crippen LogP contribution in [-0.4, -0.2) is 28.0 Å². The lowest BCUT2D eigenvalue weighted by Crippen LogP contribution is -2.44. The van der Waals surface area contributed by atoms with Crippen molar-refractivity contribution < 1.29 is 14.7 Å². The Morgan fingerprint density at radius 1 is 1.24 bits per heavy atom. The van der Waals surface area contributed by atoms with Crippen LogP contribution in [0.25, 0.3) is 10.9 Å². The van der Waals surface area contributed by atoms with Gasteiger partial charge in [-0.2, -0.15) is 0 Å². The fourth-order valence-corrected chi connectivity index (χ4v) is 2.13. The molecule has 3 N–H and O–H groups in total. The van der Waals surface area contributed by atoms with Gasteiger partial charge in [0.25, 0.3) is 5.91 Å². The van der Waals surface area contributed by atoms with Crippen molar-refractivity contribution in [2.24, 2.45) is 5.92 Å². The summed E-state index contributed by atoms with van der Waals surface area (Å²) in [6.07, 6.45) is 0. The summed E-state index contributed by atoms with van der Waals surface area (Å²) >= 11 is 0. The van der Waals surface area contributed by atoms with Gasteiger partial charge in [-0.15, -0.1) is 0 Å². The quantitative estimate of drug-likeness (QED) is 0.791. The summed E-state index contributed by atoms with van der Waals surface area (Å²) in [5.41, 5.74) is 0.295. The maximum Gasteiger partial charge on any atom is 0.326 e. The third kappa shape index (κ3) is 3.10. The molecule has 6 nitrogen and oxygen atoms in total. The van der Waals surface area contributed by atoms with Gasteiger partial charge in [-0.1, -0.05) is 32.0 Å². The molecule has 0 fully saturated rings. The van der Waals surface area contributed by atoms with Crippen LogP contribution in [0.4, 0.5) is 0 Å². The monoisotopic (exact) mass is 288 g/mol. The highest BCUT2D eigenvalue weighted by atomic mass is 16.4. The molecule has 0 aliphatic rings. The fraction of sp³-hybridized carbons (Fsp3) is 0.267. The van der Waals surface area contributed by atoms with Crippen molar-refractivity contribution in [3.63, 3.8) is 0 Å². The summed E-state index contributed by atoms with van der Waals surface area (Å²) in [7, 11) is 0. The molecule has 0 saturated carbocycles. The molecule has 1 heterocycles. The first-order chi connectivity index (χ1) is 9.90. The number of hydrogen-bond acceptors (Lipinski definition) is 3. The number of para-hydroxylation sites is 1. The number of aromatic amines is 1. The van der Waals surface area contributed by atoms with Gasteiger partial charge in [-0.25, -0.2) is 4.79 Å². The van der Waals surface area contributed by atoms with Crippen LogP contribution in [0.3, 0.4) is 0 Å². The summed E-state index contributed by atoms with van der Waals surface area (Å²) in [5.74, 6) is -1.94. The molecular weight excluding hydrogens is 272 g/mol. The van der Waals surface area contributed by atoms with E-state index in [9.17, 15) is 14.4 Å². The number of hydrogen-bond donors (Lipinski definition) is 3. The number of rotatable bonds is 4. The normalized spacial score (nSPS) is 12.3. The highest BCUT2D eigenvalue weighted by Crippen LogP contribution is 2.15. The molecule has 0 bridgehead atoms. The standard InChI is InChI=1S/C15H16N2O4/c1-8(2)13(15(20)21)17-14(19)10-7-12(18)16-11-6-4-3-5-9(10)11/h3-8,13H,1-2H3,(H,16,18)(H,17,19)(H,20,21). The zero-order valence-corrected chi connectivity index (χ0v) is 11.7. The molecule has 1 atom stereocenters. The van der Waals surface area contributed by atoms with E-state index in [1.165, 1.54) is 6.07 Å². The zero-order valence-electron chi connectivity index (χ0n) is 11.7. The average Bonchev–Trinajstić information content (AvgIpc) is 2.42. The number of benzene rings is 1. The second-order valence-corrected chi connectivity index (χ2v) is 5.13. The van der Waals surface area contributed by atoms with Gasteiger partial charge >= 0.3 is 5.97 Å². The predicted octanol–water partition coefficient (Wildman–Crippen LogP) is 1.37. The maximum atomic E-state index is 12.3. The highest BCUT2D eigenvalue weighted by Gasteiger charge is 2.24. The first-order valence-electron chi connectivity index (χ1n) is 6.56. The van der Waals surface area contributed by atoms with E-state index in [2.05, 4.69) is 10.3 Å². The SMILES string of the molecule is CC(C)C(NC(=O)c1cc(=O)[nH]c2ccccc12)C(=O)O. The Bertz CT molecular complexity index is 749. The van der Waals surface area contributed by atoms with Crippen LogP contribution in [0.15, 0.2) is 35.1 Å². The molecule has 1 amide bonds. The second-order valence-electron chi connectivity index (χ2n) is 5.13. The number of aliphatic carboxylic acids is 1. The number of carboxylic acid groups (broad SMARTS) is 1. The van der Waals surface area contributed by atoms with Crippen molar-refractivity contribution >= 4 is 22.8 Å². The van der Waals surface area contributed by atoms with Crippen LogP contribution in [-0.2, 0) is 4.79 Å². The van der Waals surface area contributed by atoms with Crippen LogP contribution in [0.2, 0.25) is 0 Å². The Balaban J connectivity index is 2.44. The molecule has 1 aromatic heterocycles. The van der Waals surface area contributed by atoms with Gasteiger partial charge in [0.05, 0.1) is 5.56 Å². The van der Waals surface area contributed by atoms with Gasteiger partial charge in [0.15, 0.2) is 0 Å². The van der Waals surface area contributed by atoms with E-state index in [0.29, 0.717) is 10.9 Å². The molecule has 2 rings (SSSR count). The largest absolute Gasteiger partial charge is 0.480 e. The van der Waals surface area contributed by atoms with Gasteiger partial charge in [-0.05, 0) is 12.0 Å². The Labute approximate surface area is 120 Å². The summed E-state index contributed by atoms with van der Waals surface area (Å²) in [4.78, 5) is 37.7. The Hall–Kier alpha value is -2.63. The van der Waals surface area contributed by atoms with Crippen molar-refractivity contribution in [2.45, 2.75) is 19.9 Å². The molecule has 0 aliphatic heterocycles. The number of nitrogens with one attached hydrogen (secondary N) is 2. The molecule has 6 heteroatoms. The van der Waals surface area contributed by atoms with Crippen molar-refractivity contribution in [2.75, 3.05) is 0 Å². The molecule has 2 aromatic rings. The van der Waals surface area contributed by atoms with E-state index < -0.39 is 23.5 Å². The van der Waals surface area contributed by atoms with E-state index in [0.717, 1.165) is 0 Å². The van der Waals surface area contributed by atoms with Crippen LogP contribution in [0.5, 0.6) is 0 Å². The van der Waals surface area contributed by atoms with Gasteiger partial charge in [-0.3, -0.25) is 9.59 Å². The van der Waals surface area contributed by atoms with Crippen molar-refractivity contribution in [3.8, 4) is 0 Å². The molecule has 1 aromatic carbocycles. The smallest absolute Gasteiger partial charge is 0.326 e. The molecule has 110 valence electrons. The molecule has 0 spiro atoms. The highest BCUT2D eigenvalue weighted by molar-refractivity contribution is 6.06. The van der Waals surface area contributed by atoms with Gasteiger partial charge in [0.2, 0.25) is 5.56 Å². The van der Waals surface area contributed by atoms with Crippen molar-refractivity contribution in [1.29, 1.82) is 0 Å². The van der Waals surface area contributed by atoms with Crippen molar-refractivity contribution in [3.05, 3.63) is 46.2 Å². The molecular formula is C15H16N2O4. The van der Waals surface area contributed by atoms with E-state index >= 15 is 0 Å². The minimum Gasteiger partial charge on any atom is -0.480 e. The molecule has 1 unspecified atom stereocenters. The topological polar surface area (TPSA) is 99.3 Å².